The van der Waals surface area contributed by atoms with E-state index >= 15 is 0 Å². The third-order valence-electron chi connectivity index (χ3n) is 4.37. The molecule has 0 spiro atoms. The van der Waals surface area contributed by atoms with Crippen molar-refractivity contribution in [3.63, 3.8) is 0 Å². The zero-order valence-corrected chi connectivity index (χ0v) is 13.0. The molecule has 3 heteroatoms. The third-order valence-corrected chi connectivity index (χ3v) is 4.73. The molecule has 1 N–H and O–H groups in total. The van der Waals surface area contributed by atoms with Crippen molar-refractivity contribution in [2.75, 3.05) is 19.0 Å². The van der Waals surface area contributed by atoms with Crippen molar-refractivity contribution in [1.29, 1.82) is 0 Å². The summed E-state index contributed by atoms with van der Waals surface area (Å²) in [5.74, 6) is 0.773. The van der Waals surface area contributed by atoms with Crippen LogP contribution < -0.4 is 10.2 Å². The van der Waals surface area contributed by atoms with E-state index in [9.17, 15) is 0 Å². The number of hydrogen-bond acceptors (Lipinski definition) is 2. The average molecular weight is 281 g/mol. The normalized spacial score (nSPS) is 23.4. The van der Waals surface area contributed by atoms with Crippen molar-refractivity contribution in [2.24, 2.45) is 5.92 Å². The summed E-state index contributed by atoms with van der Waals surface area (Å²) in [5, 5.41) is 4.01. The molecule has 106 valence electrons. The fraction of sp³-hybridized carbons (Fsp3) is 0.625. The highest BCUT2D eigenvalue weighted by Gasteiger charge is 2.25. The van der Waals surface area contributed by atoms with Gasteiger partial charge < -0.3 is 10.2 Å². The van der Waals surface area contributed by atoms with Gasteiger partial charge in [0.25, 0.3) is 0 Å². The van der Waals surface area contributed by atoms with Gasteiger partial charge in [-0.25, -0.2) is 0 Å². The first-order valence-electron chi connectivity index (χ1n) is 7.29. The molecule has 19 heavy (non-hydrogen) atoms. The first-order valence-corrected chi connectivity index (χ1v) is 7.67. The summed E-state index contributed by atoms with van der Waals surface area (Å²) < 4.78 is 0. The largest absolute Gasteiger partial charge is 0.371 e. The van der Waals surface area contributed by atoms with Gasteiger partial charge in [-0.2, -0.15) is 0 Å². The lowest BCUT2D eigenvalue weighted by Crippen LogP contribution is -2.39. The highest BCUT2D eigenvalue weighted by molar-refractivity contribution is 6.31. The lowest BCUT2D eigenvalue weighted by molar-refractivity contribution is 0.321. The van der Waals surface area contributed by atoms with Crippen molar-refractivity contribution in [2.45, 2.75) is 45.2 Å². The Bertz CT molecular complexity index is 419. The molecule has 1 aliphatic rings. The van der Waals surface area contributed by atoms with E-state index in [4.69, 9.17) is 11.6 Å². The summed E-state index contributed by atoms with van der Waals surface area (Å²) in [6.45, 7) is 3.19. The molecule has 0 bridgehead atoms. The molecule has 2 atom stereocenters. The Morgan fingerprint density at radius 1 is 1.32 bits per heavy atom. The molecule has 0 heterocycles. The Morgan fingerprint density at radius 2 is 2.05 bits per heavy atom. The fourth-order valence-electron chi connectivity index (χ4n) is 3.15. The van der Waals surface area contributed by atoms with Crippen molar-refractivity contribution in [3.8, 4) is 0 Å². The lowest BCUT2D eigenvalue weighted by Gasteiger charge is -2.37. The van der Waals surface area contributed by atoms with Crippen LogP contribution in [0.3, 0.4) is 0 Å². The van der Waals surface area contributed by atoms with Gasteiger partial charge in [-0.15, -0.1) is 0 Å². The number of anilines is 1. The smallest absolute Gasteiger partial charge is 0.0471 e. The molecule has 2 unspecified atom stereocenters. The van der Waals surface area contributed by atoms with Crippen molar-refractivity contribution in [3.05, 3.63) is 28.8 Å². The highest BCUT2D eigenvalue weighted by Crippen LogP contribution is 2.32. The van der Waals surface area contributed by atoms with Crippen molar-refractivity contribution < 1.29 is 0 Å². The minimum Gasteiger partial charge on any atom is -0.371 e. The Hall–Kier alpha value is -0.730. The van der Waals surface area contributed by atoms with Crippen LogP contribution in [0.15, 0.2) is 18.2 Å². The van der Waals surface area contributed by atoms with Crippen molar-refractivity contribution in [1.82, 2.24) is 5.32 Å². The predicted molar refractivity (Wildman–Crippen MR) is 84.0 cm³/mol. The van der Waals surface area contributed by atoms with E-state index in [2.05, 4.69) is 42.4 Å². The predicted octanol–water partition coefficient (Wildman–Crippen LogP) is 4.07. The standard InChI is InChI=1S/C16H25ClN2/c1-12-6-4-5-7-16(12)19(3)14-9-8-13(11-18-2)15(17)10-14/h8-10,12,16,18H,4-7,11H2,1-3H3. The number of hydrogen-bond donors (Lipinski definition) is 1. The summed E-state index contributed by atoms with van der Waals surface area (Å²) in [4.78, 5) is 2.42. The monoisotopic (exact) mass is 280 g/mol. The van der Waals surface area contributed by atoms with Crippen LogP contribution in [0.1, 0.15) is 38.2 Å². The summed E-state index contributed by atoms with van der Waals surface area (Å²) in [7, 11) is 4.15. The van der Waals surface area contributed by atoms with Gasteiger partial charge in [0.2, 0.25) is 0 Å². The summed E-state index contributed by atoms with van der Waals surface area (Å²) in [6.07, 6.45) is 5.38. The molecule has 2 rings (SSSR count). The maximum absolute atomic E-state index is 6.36. The maximum atomic E-state index is 6.36. The van der Waals surface area contributed by atoms with Gasteiger partial charge in [-0.1, -0.05) is 37.4 Å². The Labute approximate surface area is 122 Å². The van der Waals surface area contributed by atoms with Crippen LogP contribution in [0, 0.1) is 5.92 Å². The molecule has 1 saturated carbocycles. The van der Waals surface area contributed by atoms with Crippen LogP contribution in [0.4, 0.5) is 5.69 Å². The SMILES string of the molecule is CNCc1ccc(N(C)C2CCCCC2C)cc1Cl. The van der Waals surface area contributed by atoms with Gasteiger partial charge in [0, 0.05) is 30.3 Å². The zero-order chi connectivity index (χ0) is 13.8. The first kappa shape index (κ1) is 14.7. The molecule has 0 aromatic heterocycles. The molecule has 1 aromatic carbocycles. The maximum Gasteiger partial charge on any atom is 0.0471 e. The average Bonchev–Trinajstić information content (AvgIpc) is 2.41. The molecule has 1 aromatic rings. The molecular weight excluding hydrogens is 256 g/mol. The molecule has 0 saturated heterocycles. The van der Waals surface area contributed by atoms with E-state index in [-0.39, 0.29) is 0 Å². The number of nitrogens with one attached hydrogen (secondary N) is 1. The summed E-state index contributed by atoms with van der Waals surface area (Å²) in [5.41, 5.74) is 2.40. The Balaban J connectivity index is 2.14. The number of benzene rings is 1. The van der Waals surface area contributed by atoms with Gasteiger partial charge in [-0.05, 0) is 43.5 Å². The highest BCUT2D eigenvalue weighted by atomic mass is 35.5. The second-order valence-electron chi connectivity index (χ2n) is 5.75. The van der Waals surface area contributed by atoms with E-state index in [0.717, 1.165) is 23.0 Å². The zero-order valence-electron chi connectivity index (χ0n) is 12.2. The Kier molecular flexibility index (Phi) is 5.12. The minimum absolute atomic E-state index is 0.653. The molecular formula is C16H25ClN2. The minimum atomic E-state index is 0.653. The fourth-order valence-corrected chi connectivity index (χ4v) is 3.39. The topological polar surface area (TPSA) is 15.3 Å². The number of rotatable bonds is 4. The molecule has 1 aliphatic carbocycles. The number of nitrogens with zero attached hydrogens (tertiary/aromatic N) is 1. The van der Waals surface area contributed by atoms with E-state index < -0.39 is 0 Å². The van der Waals surface area contributed by atoms with Crippen LogP contribution in [0.5, 0.6) is 0 Å². The van der Waals surface area contributed by atoms with Gasteiger partial charge in [-0.3, -0.25) is 0 Å². The van der Waals surface area contributed by atoms with Gasteiger partial charge in [0.1, 0.15) is 0 Å². The summed E-state index contributed by atoms with van der Waals surface area (Å²) in [6, 6.07) is 7.09. The lowest BCUT2D eigenvalue weighted by atomic mass is 9.85. The van der Waals surface area contributed by atoms with Gasteiger partial charge >= 0.3 is 0 Å². The quantitative estimate of drug-likeness (QED) is 0.894. The Morgan fingerprint density at radius 3 is 2.68 bits per heavy atom. The van der Waals surface area contributed by atoms with Crippen LogP contribution in [-0.2, 0) is 6.54 Å². The van der Waals surface area contributed by atoms with Crippen LogP contribution in [-0.4, -0.2) is 20.1 Å². The molecule has 0 amide bonds. The van der Waals surface area contributed by atoms with E-state index in [0.29, 0.717) is 6.04 Å². The second-order valence-corrected chi connectivity index (χ2v) is 6.15. The third kappa shape index (κ3) is 3.43. The van der Waals surface area contributed by atoms with E-state index in [1.165, 1.54) is 31.4 Å². The first-order chi connectivity index (χ1) is 9.13. The van der Waals surface area contributed by atoms with Crippen molar-refractivity contribution >= 4 is 17.3 Å². The van der Waals surface area contributed by atoms with E-state index in [1.807, 2.05) is 7.05 Å². The second kappa shape index (κ2) is 6.62. The molecule has 1 fully saturated rings. The van der Waals surface area contributed by atoms with Gasteiger partial charge in [0.05, 0.1) is 0 Å². The van der Waals surface area contributed by atoms with Crippen LogP contribution in [0.25, 0.3) is 0 Å². The van der Waals surface area contributed by atoms with E-state index in [1.54, 1.807) is 0 Å². The molecule has 0 aliphatic heterocycles. The molecule has 2 nitrogen and oxygen atoms in total. The number of halogens is 1. The molecule has 0 radical (unpaired) electrons. The summed E-state index contributed by atoms with van der Waals surface area (Å²) >= 11 is 6.36. The van der Waals surface area contributed by atoms with Gasteiger partial charge in [0.15, 0.2) is 0 Å². The van der Waals surface area contributed by atoms with Crippen LogP contribution >= 0.6 is 11.6 Å². The van der Waals surface area contributed by atoms with Crippen LogP contribution in [0.2, 0.25) is 5.02 Å².